The molecule has 1 fully saturated rings. The number of piperidine rings is 1. The third-order valence-corrected chi connectivity index (χ3v) is 6.18. The van der Waals surface area contributed by atoms with Gasteiger partial charge in [-0.05, 0) is 37.1 Å². The molecule has 1 aliphatic heterocycles. The summed E-state index contributed by atoms with van der Waals surface area (Å²) in [6.45, 7) is 2.06. The predicted molar refractivity (Wildman–Crippen MR) is 83.7 cm³/mol. The van der Waals surface area contributed by atoms with Gasteiger partial charge in [-0.25, -0.2) is 8.42 Å². The summed E-state index contributed by atoms with van der Waals surface area (Å²) in [5.41, 5.74) is 5.34. The van der Waals surface area contributed by atoms with Gasteiger partial charge in [-0.1, -0.05) is 15.9 Å². The Hall–Kier alpha value is -0.920. The zero-order chi connectivity index (χ0) is 15.5. The Morgan fingerprint density at radius 1 is 1.33 bits per heavy atom. The predicted octanol–water partition coefficient (Wildman–Crippen LogP) is 0.00300. The molecule has 1 unspecified atom stereocenters. The van der Waals surface area contributed by atoms with Gasteiger partial charge < -0.3 is 10.6 Å². The highest BCUT2D eigenvalue weighted by Crippen LogP contribution is 2.15. The minimum atomic E-state index is -3.27. The van der Waals surface area contributed by atoms with Gasteiger partial charge in [0.15, 0.2) is 9.84 Å². The highest BCUT2D eigenvalue weighted by Gasteiger charge is 2.28. The molecular weight excluding hydrogens is 356 g/mol. The molecule has 0 aromatic heterocycles. The van der Waals surface area contributed by atoms with Crippen LogP contribution in [-0.2, 0) is 14.6 Å². The van der Waals surface area contributed by atoms with Gasteiger partial charge in [0.2, 0.25) is 5.91 Å². The largest absolute Gasteiger partial charge is 0.369 e. The number of likely N-dealkylation sites (tertiary alicyclic amines) is 1. The fourth-order valence-electron chi connectivity index (χ4n) is 2.66. The summed E-state index contributed by atoms with van der Waals surface area (Å²) in [6, 6.07) is 6.67. The van der Waals surface area contributed by atoms with Crippen LogP contribution in [0.3, 0.4) is 0 Å². The van der Waals surface area contributed by atoms with Crippen LogP contribution < -0.4 is 10.6 Å². The third kappa shape index (κ3) is 4.52. The highest BCUT2D eigenvalue weighted by molar-refractivity contribution is 9.10. The van der Waals surface area contributed by atoms with E-state index in [2.05, 4.69) is 15.9 Å². The summed E-state index contributed by atoms with van der Waals surface area (Å²) in [7, 11) is -3.27. The molecule has 0 saturated carbocycles. The number of hydrogen-bond donors (Lipinski definition) is 2. The lowest BCUT2D eigenvalue weighted by Gasteiger charge is -2.28. The van der Waals surface area contributed by atoms with Crippen molar-refractivity contribution in [3.05, 3.63) is 28.7 Å². The maximum absolute atomic E-state index is 12.3. The molecule has 0 radical (unpaired) electrons. The van der Waals surface area contributed by atoms with Gasteiger partial charge in [0, 0.05) is 4.47 Å². The summed E-state index contributed by atoms with van der Waals surface area (Å²) in [5, 5.41) is 0. The standard InChI is InChI=1S/C14H19BrN2O3S/c15-12-3-5-13(6-4-12)21(19,20)9-8-17-7-1-2-11(10-17)14(16)18/h3-6,11H,1-2,7-10H2,(H2,16,18)/p+1/t11-/m1/s1. The number of hydrogen-bond acceptors (Lipinski definition) is 3. The van der Waals surface area contributed by atoms with Gasteiger partial charge in [-0.3, -0.25) is 4.79 Å². The molecule has 5 nitrogen and oxygen atoms in total. The molecule has 1 aliphatic rings. The first kappa shape index (κ1) is 16.5. The van der Waals surface area contributed by atoms with Crippen LogP contribution in [0.5, 0.6) is 0 Å². The SMILES string of the molecule is NC(=O)[C@@H]1CCC[NH+](CCS(=O)(=O)c2ccc(Br)cc2)C1. The Morgan fingerprint density at radius 2 is 2.00 bits per heavy atom. The second kappa shape index (κ2) is 6.89. The molecule has 21 heavy (non-hydrogen) atoms. The van der Waals surface area contributed by atoms with Crippen LogP contribution in [0, 0.1) is 5.92 Å². The topological polar surface area (TPSA) is 81.7 Å². The summed E-state index contributed by atoms with van der Waals surface area (Å²) >= 11 is 3.29. The second-order valence-corrected chi connectivity index (χ2v) is 8.49. The van der Waals surface area contributed by atoms with Crippen LogP contribution in [0.25, 0.3) is 0 Å². The Kier molecular flexibility index (Phi) is 5.40. The van der Waals surface area contributed by atoms with E-state index in [1.165, 1.54) is 0 Å². The van der Waals surface area contributed by atoms with Crippen LogP contribution in [0.1, 0.15) is 12.8 Å². The molecule has 0 aliphatic carbocycles. The van der Waals surface area contributed by atoms with Crippen molar-refractivity contribution in [3.63, 3.8) is 0 Å². The van der Waals surface area contributed by atoms with Gasteiger partial charge in [0.1, 0.15) is 5.75 Å². The van der Waals surface area contributed by atoms with E-state index in [-0.39, 0.29) is 17.6 Å². The molecule has 116 valence electrons. The summed E-state index contributed by atoms with van der Waals surface area (Å²) < 4.78 is 25.4. The minimum Gasteiger partial charge on any atom is -0.369 e. The quantitative estimate of drug-likeness (QED) is 0.759. The van der Waals surface area contributed by atoms with Crippen molar-refractivity contribution in [2.75, 3.05) is 25.4 Å². The maximum atomic E-state index is 12.3. The fraction of sp³-hybridized carbons (Fsp3) is 0.500. The monoisotopic (exact) mass is 375 g/mol. The molecule has 0 bridgehead atoms. The zero-order valence-electron chi connectivity index (χ0n) is 11.7. The molecule has 1 aromatic rings. The number of nitrogens with one attached hydrogen (secondary N) is 1. The number of quaternary nitrogens is 1. The van der Waals surface area contributed by atoms with E-state index in [1.54, 1.807) is 24.3 Å². The molecule has 7 heteroatoms. The van der Waals surface area contributed by atoms with Crippen LogP contribution in [-0.4, -0.2) is 39.7 Å². The number of rotatable bonds is 5. The number of primary amides is 1. The van der Waals surface area contributed by atoms with E-state index < -0.39 is 9.84 Å². The Labute approximate surface area is 133 Å². The van der Waals surface area contributed by atoms with Gasteiger partial charge in [0.25, 0.3) is 0 Å². The molecule has 1 aromatic carbocycles. The number of carbonyl (C=O) groups excluding carboxylic acids is 1. The second-order valence-electron chi connectivity index (χ2n) is 5.47. The first-order chi connectivity index (χ1) is 9.88. The lowest BCUT2D eigenvalue weighted by molar-refractivity contribution is -0.905. The van der Waals surface area contributed by atoms with Crippen molar-refractivity contribution < 1.29 is 18.1 Å². The summed E-state index contributed by atoms with van der Waals surface area (Å²) in [4.78, 5) is 12.7. The molecule has 1 amide bonds. The van der Waals surface area contributed by atoms with E-state index >= 15 is 0 Å². The lowest BCUT2D eigenvalue weighted by atomic mass is 9.98. The third-order valence-electron chi connectivity index (χ3n) is 3.92. The van der Waals surface area contributed by atoms with E-state index in [0.29, 0.717) is 18.0 Å². The van der Waals surface area contributed by atoms with Crippen LogP contribution in [0.2, 0.25) is 0 Å². The van der Waals surface area contributed by atoms with Gasteiger partial charge in [0.05, 0.1) is 30.4 Å². The maximum Gasteiger partial charge on any atom is 0.226 e. The Morgan fingerprint density at radius 3 is 2.62 bits per heavy atom. The minimum absolute atomic E-state index is 0.0927. The first-order valence-corrected chi connectivity index (χ1v) is 9.44. The number of benzene rings is 1. The van der Waals surface area contributed by atoms with E-state index in [9.17, 15) is 13.2 Å². The van der Waals surface area contributed by atoms with Crippen molar-refractivity contribution in [1.29, 1.82) is 0 Å². The van der Waals surface area contributed by atoms with Crippen molar-refractivity contribution in [1.82, 2.24) is 0 Å². The van der Waals surface area contributed by atoms with Crippen molar-refractivity contribution in [2.45, 2.75) is 17.7 Å². The Bertz CT molecular complexity index is 601. The van der Waals surface area contributed by atoms with E-state index in [0.717, 1.165) is 28.8 Å². The van der Waals surface area contributed by atoms with Crippen LogP contribution in [0.4, 0.5) is 0 Å². The van der Waals surface area contributed by atoms with Crippen LogP contribution in [0.15, 0.2) is 33.6 Å². The molecule has 3 N–H and O–H groups in total. The van der Waals surface area contributed by atoms with Crippen LogP contribution >= 0.6 is 15.9 Å². The molecule has 1 heterocycles. The fourth-order valence-corrected chi connectivity index (χ4v) is 4.27. The summed E-state index contributed by atoms with van der Waals surface area (Å²) in [5.74, 6) is -0.303. The van der Waals surface area contributed by atoms with Gasteiger partial charge in [-0.2, -0.15) is 0 Å². The molecule has 0 spiro atoms. The number of nitrogens with two attached hydrogens (primary N) is 1. The van der Waals surface area contributed by atoms with Crippen molar-refractivity contribution in [2.24, 2.45) is 11.7 Å². The normalized spacial score (nSPS) is 22.9. The lowest BCUT2D eigenvalue weighted by Crippen LogP contribution is -3.14. The zero-order valence-corrected chi connectivity index (χ0v) is 14.1. The molecule has 2 rings (SSSR count). The Balaban J connectivity index is 1.95. The number of sulfone groups is 1. The van der Waals surface area contributed by atoms with Gasteiger partial charge in [-0.15, -0.1) is 0 Å². The van der Waals surface area contributed by atoms with E-state index in [1.807, 2.05) is 0 Å². The van der Waals surface area contributed by atoms with Crippen molar-refractivity contribution >= 4 is 31.7 Å². The van der Waals surface area contributed by atoms with Crippen molar-refractivity contribution in [3.8, 4) is 0 Å². The molecule has 2 atom stereocenters. The smallest absolute Gasteiger partial charge is 0.226 e. The first-order valence-electron chi connectivity index (χ1n) is 7.00. The number of amides is 1. The average Bonchev–Trinajstić information content (AvgIpc) is 2.46. The van der Waals surface area contributed by atoms with Gasteiger partial charge >= 0.3 is 0 Å². The number of halogens is 1. The summed E-state index contributed by atoms with van der Waals surface area (Å²) in [6.07, 6.45) is 1.74. The number of carbonyl (C=O) groups is 1. The molecule has 1 saturated heterocycles. The average molecular weight is 376 g/mol. The highest BCUT2D eigenvalue weighted by atomic mass is 79.9. The molecular formula is C14H20BrN2O3S+. The van der Waals surface area contributed by atoms with E-state index in [4.69, 9.17) is 5.73 Å².